The number of carbonyl (C=O) groups excluding carboxylic acids is 1. The van der Waals surface area contributed by atoms with Crippen molar-refractivity contribution >= 4 is 27.8 Å². The number of aryl methyl sites for hydroxylation is 1. The van der Waals surface area contributed by atoms with Gasteiger partial charge < -0.3 is 15.0 Å². The van der Waals surface area contributed by atoms with E-state index >= 15 is 0 Å². The average Bonchev–Trinajstić information content (AvgIpc) is 2.90. The Hall–Kier alpha value is -1.24. The molecule has 1 aromatic heterocycles. The van der Waals surface area contributed by atoms with Gasteiger partial charge in [-0.1, -0.05) is 6.92 Å². The Morgan fingerprint density at radius 2 is 2.16 bits per heavy atom. The smallest absolute Gasteiger partial charge is 0.410 e. The van der Waals surface area contributed by atoms with E-state index in [0.717, 1.165) is 61.3 Å². The Morgan fingerprint density at radius 1 is 1.40 bits per heavy atom. The number of piperidine rings is 1. The number of halogens is 1. The van der Waals surface area contributed by atoms with Crippen LogP contribution in [0.2, 0.25) is 0 Å². The highest BCUT2D eigenvalue weighted by atomic mass is 79.9. The van der Waals surface area contributed by atoms with Crippen LogP contribution in [0.4, 0.5) is 10.6 Å². The lowest BCUT2D eigenvalue weighted by molar-refractivity contribution is 0.0126. The molecule has 1 fully saturated rings. The maximum atomic E-state index is 12.5. The molecular formula is C18H29BrN4O2. The van der Waals surface area contributed by atoms with Gasteiger partial charge in [-0.15, -0.1) is 0 Å². The molecule has 1 N–H and O–H groups in total. The minimum Gasteiger partial charge on any atom is -0.444 e. The second-order valence-corrected chi connectivity index (χ2v) is 8.81. The van der Waals surface area contributed by atoms with Crippen LogP contribution in [0.25, 0.3) is 0 Å². The second kappa shape index (κ2) is 7.17. The van der Waals surface area contributed by atoms with Crippen LogP contribution in [0, 0.1) is 5.92 Å². The van der Waals surface area contributed by atoms with Crippen molar-refractivity contribution in [2.75, 3.05) is 25.0 Å². The summed E-state index contributed by atoms with van der Waals surface area (Å²) in [4.78, 5) is 14.3. The standard InChI is InChI=1S/C18H29BrN4O2/c1-5-13-15(19)16-20-9-8-14(23(16)21-13)12-7-6-10-22(11-12)17(24)25-18(2,3)4/h12,14,20H,5-11H2,1-4H3. The van der Waals surface area contributed by atoms with Crippen LogP contribution in [-0.2, 0) is 11.2 Å². The van der Waals surface area contributed by atoms with Gasteiger partial charge in [0.1, 0.15) is 11.4 Å². The summed E-state index contributed by atoms with van der Waals surface area (Å²) >= 11 is 3.69. The SMILES string of the molecule is CCc1nn2c(c1Br)NCCC2C1CCCN(C(=O)OC(C)(C)C)C1. The lowest BCUT2D eigenvalue weighted by Crippen LogP contribution is -2.45. The molecule has 6 nitrogen and oxygen atoms in total. The molecule has 1 saturated heterocycles. The van der Waals surface area contributed by atoms with Gasteiger partial charge in [0.05, 0.1) is 16.2 Å². The number of nitrogens with zero attached hydrogens (tertiary/aromatic N) is 3. The first-order valence-electron chi connectivity index (χ1n) is 9.29. The van der Waals surface area contributed by atoms with Crippen molar-refractivity contribution in [3.8, 4) is 0 Å². The molecule has 2 aliphatic heterocycles. The Balaban J connectivity index is 1.76. The third-order valence-corrected chi connectivity index (χ3v) is 5.79. The van der Waals surface area contributed by atoms with E-state index in [9.17, 15) is 4.79 Å². The fourth-order valence-electron chi connectivity index (χ4n) is 3.80. The summed E-state index contributed by atoms with van der Waals surface area (Å²) in [6.45, 7) is 10.3. The first-order chi connectivity index (χ1) is 11.8. The quantitative estimate of drug-likeness (QED) is 0.789. The highest BCUT2D eigenvalue weighted by Gasteiger charge is 2.35. The van der Waals surface area contributed by atoms with Crippen molar-refractivity contribution in [1.82, 2.24) is 14.7 Å². The van der Waals surface area contributed by atoms with Gasteiger partial charge in [-0.05, 0) is 68.3 Å². The van der Waals surface area contributed by atoms with E-state index in [2.05, 4.69) is 32.9 Å². The highest BCUT2D eigenvalue weighted by molar-refractivity contribution is 9.10. The van der Waals surface area contributed by atoms with Gasteiger partial charge in [0.25, 0.3) is 0 Å². The molecule has 1 amide bonds. The molecule has 0 bridgehead atoms. The Morgan fingerprint density at radius 3 is 2.84 bits per heavy atom. The number of ether oxygens (including phenoxy) is 1. The first-order valence-corrected chi connectivity index (χ1v) is 10.1. The zero-order valence-corrected chi connectivity index (χ0v) is 17.2. The van der Waals surface area contributed by atoms with Crippen molar-refractivity contribution in [3.05, 3.63) is 10.2 Å². The number of aromatic nitrogens is 2. The maximum Gasteiger partial charge on any atom is 0.410 e. The molecule has 2 atom stereocenters. The van der Waals surface area contributed by atoms with Crippen LogP contribution in [0.3, 0.4) is 0 Å². The molecule has 140 valence electrons. The van der Waals surface area contributed by atoms with E-state index in [-0.39, 0.29) is 6.09 Å². The first kappa shape index (κ1) is 18.5. The molecule has 25 heavy (non-hydrogen) atoms. The van der Waals surface area contributed by atoms with Crippen LogP contribution < -0.4 is 5.32 Å². The maximum absolute atomic E-state index is 12.5. The number of hydrogen-bond acceptors (Lipinski definition) is 4. The number of anilines is 1. The third-order valence-electron chi connectivity index (χ3n) is 4.95. The van der Waals surface area contributed by atoms with Crippen molar-refractivity contribution in [1.29, 1.82) is 0 Å². The van der Waals surface area contributed by atoms with Crippen LogP contribution in [0.5, 0.6) is 0 Å². The number of carbonyl (C=O) groups is 1. The van der Waals surface area contributed by atoms with Gasteiger partial charge in [0.2, 0.25) is 0 Å². The Labute approximate surface area is 158 Å². The fraction of sp³-hybridized carbons (Fsp3) is 0.778. The van der Waals surface area contributed by atoms with Crippen LogP contribution in [-0.4, -0.2) is 46.0 Å². The monoisotopic (exact) mass is 412 g/mol. The molecule has 0 aliphatic carbocycles. The summed E-state index contributed by atoms with van der Waals surface area (Å²) in [7, 11) is 0. The zero-order chi connectivity index (χ0) is 18.2. The lowest BCUT2D eigenvalue weighted by atomic mass is 9.88. The molecule has 1 aromatic rings. The van der Waals surface area contributed by atoms with Crippen LogP contribution in [0.15, 0.2) is 4.47 Å². The Kier molecular flexibility index (Phi) is 5.32. The number of nitrogens with one attached hydrogen (secondary N) is 1. The summed E-state index contributed by atoms with van der Waals surface area (Å²) < 4.78 is 8.80. The van der Waals surface area contributed by atoms with Gasteiger partial charge in [-0.25, -0.2) is 9.48 Å². The van der Waals surface area contributed by atoms with Crippen molar-refractivity contribution in [2.24, 2.45) is 5.92 Å². The number of likely N-dealkylation sites (tertiary alicyclic amines) is 1. The predicted octanol–water partition coefficient (Wildman–Crippen LogP) is 4.21. The predicted molar refractivity (Wildman–Crippen MR) is 102 cm³/mol. The molecule has 3 heterocycles. The van der Waals surface area contributed by atoms with E-state index in [0.29, 0.717) is 12.0 Å². The zero-order valence-electron chi connectivity index (χ0n) is 15.6. The van der Waals surface area contributed by atoms with Crippen molar-refractivity contribution in [3.63, 3.8) is 0 Å². The summed E-state index contributed by atoms with van der Waals surface area (Å²) in [6.07, 6.45) is 3.90. The minimum absolute atomic E-state index is 0.192. The Bertz CT molecular complexity index is 638. The third kappa shape index (κ3) is 3.96. The van der Waals surface area contributed by atoms with Crippen LogP contribution in [0.1, 0.15) is 58.7 Å². The van der Waals surface area contributed by atoms with Gasteiger partial charge >= 0.3 is 6.09 Å². The molecule has 2 unspecified atom stereocenters. The largest absolute Gasteiger partial charge is 0.444 e. The van der Waals surface area contributed by atoms with Gasteiger partial charge in [-0.3, -0.25) is 0 Å². The second-order valence-electron chi connectivity index (χ2n) is 8.02. The van der Waals surface area contributed by atoms with Crippen LogP contribution >= 0.6 is 15.9 Å². The highest BCUT2D eigenvalue weighted by Crippen LogP contribution is 2.39. The summed E-state index contributed by atoms with van der Waals surface area (Å²) in [5.41, 5.74) is 0.642. The number of hydrogen-bond donors (Lipinski definition) is 1. The van der Waals surface area contributed by atoms with E-state index in [4.69, 9.17) is 9.84 Å². The molecule has 2 aliphatic rings. The summed E-state index contributed by atoms with van der Waals surface area (Å²) in [5, 5.41) is 8.30. The molecule has 0 aromatic carbocycles. The normalized spacial score (nSPS) is 23.8. The summed E-state index contributed by atoms with van der Waals surface area (Å²) in [6, 6.07) is 0.332. The minimum atomic E-state index is -0.450. The number of fused-ring (bicyclic) bond motifs is 1. The molecule has 3 rings (SSSR count). The number of rotatable bonds is 2. The average molecular weight is 413 g/mol. The van der Waals surface area contributed by atoms with E-state index < -0.39 is 5.60 Å². The molecule has 0 radical (unpaired) electrons. The topological polar surface area (TPSA) is 59.4 Å². The molecule has 0 spiro atoms. The van der Waals surface area contributed by atoms with Gasteiger partial charge in [-0.2, -0.15) is 5.10 Å². The van der Waals surface area contributed by atoms with E-state index in [1.54, 1.807) is 0 Å². The van der Waals surface area contributed by atoms with Gasteiger partial charge in [0, 0.05) is 19.6 Å². The molecule has 0 saturated carbocycles. The summed E-state index contributed by atoms with van der Waals surface area (Å²) in [5.74, 6) is 1.50. The fourth-order valence-corrected chi connectivity index (χ4v) is 4.48. The number of amides is 1. The lowest BCUT2D eigenvalue weighted by Gasteiger charge is -2.39. The van der Waals surface area contributed by atoms with Crippen molar-refractivity contribution < 1.29 is 9.53 Å². The van der Waals surface area contributed by atoms with E-state index in [1.807, 2.05) is 25.7 Å². The van der Waals surface area contributed by atoms with Crippen molar-refractivity contribution in [2.45, 2.75) is 65.0 Å². The van der Waals surface area contributed by atoms with E-state index in [1.165, 1.54) is 0 Å². The van der Waals surface area contributed by atoms with Gasteiger partial charge in [0.15, 0.2) is 0 Å². The molecule has 7 heteroatoms. The molecular weight excluding hydrogens is 384 g/mol.